The van der Waals surface area contributed by atoms with E-state index in [0.717, 1.165) is 5.56 Å². The maximum atomic E-state index is 6.37. The van der Waals surface area contributed by atoms with Crippen LogP contribution in [0.4, 0.5) is 0 Å². The minimum absolute atomic E-state index is 0.328. The highest BCUT2D eigenvalue weighted by Gasteiger charge is 2.16. The number of aryl methyl sites for hydroxylation is 2. The van der Waals surface area contributed by atoms with Crippen LogP contribution in [0.1, 0.15) is 11.4 Å². The van der Waals surface area contributed by atoms with Gasteiger partial charge < -0.3 is 0 Å². The second-order valence-electron chi connectivity index (χ2n) is 4.31. The molecule has 3 rings (SSSR count). The summed E-state index contributed by atoms with van der Waals surface area (Å²) in [5, 5.41) is 4.95. The van der Waals surface area contributed by atoms with Crippen LogP contribution in [0.15, 0.2) is 24.3 Å². The molecule has 2 heterocycles. The number of nitrogens with zero attached hydrogens (tertiary/aromatic N) is 4. The Hall–Kier alpha value is -1.65. The van der Waals surface area contributed by atoms with Crippen LogP contribution in [0.2, 0.25) is 10.3 Å². The van der Waals surface area contributed by atoms with Crippen LogP contribution in [0, 0.1) is 13.8 Å². The van der Waals surface area contributed by atoms with Gasteiger partial charge in [0.05, 0.1) is 5.56 Å². The van der Waals surface area contributed by atoms with E-state index in [9.17, 15) is 0 Å². The summed E-state index contributed by atoms with van der Waals surface area (Å²) in [7, 11) is 0. The number of hydrogen-bond acceptors (Lipinski definition) is 3. The maximum absolute atomic E-state index is 6.37. The molecule has 0 amide bonds. The molecule has 1 aromatic carbocycles. The van der Waals surface area contributed by atoms with Crippen LogP contribution < -0.4 is 0 Å². The van der Waals surface area contributed by atoms with Crippen LogP contribution in [0.25, 0.3) is 16.9 Å². The number of rotatable bonds is 1. The van der Waals surface area contributed by atoms with Gasteiger partial charge in [0.1, 0.15) is 16.1 Å². The lowest BCUT2D eigenvalue weighted by molar-refractivity contribution is 0.919. The van der Waals surface area contributed by atoms with Gasteiger partial charge in [-0.15, -0.1) is 5.10 Å². The van der Waals surface area contributed by atoms with Crippen molar-refractivity contribution in [2.24, 2.45) is 0 Å². The summed E-state index contributed by atoms with van der Waals surface area (Å²) >= 11 is 12.6. The Morgan fingerprint density at radius 3 is 2.37 bits per heavy atom. The predicted molar refractivity (Wildman–Crippen MR) is 75.7 cm³/mol. The van der Waals surface area contributed by atoms with E-state index in [1.54, 1.807) is 6.92 Å². The van der Waals surface area contributed by atoms with Crippen LogP contribution >= 0.6 is 23.2 Å². The SMILES string of the molecule is Cc1ccc(-c2c(Cl)nc3nc(C)nn3c2Cl)cc1. The van der Waals surface area contributed by atoms with Gasteiger partial charge in [0.2, 0.25) is 0 Å². The lowest BCUT2D eigenvalue weighted by atomic mass is 10.1. The minimum Gasteiger partial charge on any atom is -0.198 e. The van der Waals surface area contributed by atoms with E-state index in [2.05, 4.69) is 15.1 Å². The molecule has 3 aromatic rings. The average molecular weight is 293 g/mol. The molecule has 2 aromatic heterocycles. The molecule has 0 N–H and O–H groups in total. The van der Waals surface area contributed by atoms with Crippen LogP contribution in [0.3, 0.4) is 0 Å². The summed E-state index contributed by atoms with van der Waals surface area (Å²) in [5.74, 6) is 1.01. The van der Waals surface area contributed by atoms with Crippen molar-refractivity contribution in [2.75, 3.05) is 0 Å². The highest BCUT2D eigenvalue weighted by Crippen LogP contribution is 2.33. The fourth-order valence-electron chi connectivity index (χ4n) is 1.90. The minimum atomic E-state index is 0.328. The fraction of sp³-hybridized carbons (Fsp3) is 0.154. The Morgan fingerprint density at radius 2 is 1.68 bits per heavy atom. The van der Waals surface area contributed by atoms with Gasteiger partial charge in [-0.1, -0.05) is 53.0 Å². The topological polar surface area (TPSA) is 43.1 Å². The van der Waals surface area contributed by atoms with Crippen molar-refractivity contribution in [1.82, 2.24) is 19.6 Å². The lowest BCUT2D eigenvalue weighted by Gasteiger charge is -2.07. The summed E-state index contributed by atoms with van der Waals surface area (Å²) in [6.45, 7) is 3.81. The lowest BCUT2D eigenvalue weighted by Crippen LogP contribution is -1.97. The molecule has 19 heavy (non-hydrogen) atoms. The van der Waals surface area contributed by atoms with E-state index in [0.29, 0.717) is 27.5 Å². The molecule has 0 atom stereocenters. The molecule has 0 aliphatic rings. The zero-order chi connectivity index (χ0) is 13.6. The zero-order valence-electron chi connectivity index (χ0n) is 10.4. The predicted octanol–water partition coefficient (Wildman–Crippen LogP) is 3.71. The number of fused-ring (bicyclic) bond motifs is 1. The third kappa shape index (κ3) is 2.07. The standard InChI is InChI=1S/C13H10Cl2N4/c1-7-3-5-9(6-4-7)10-11(14)17-13-16-8(2)18-19(13)12(10)15/h3-6H,1-2H3. The van der Waals surface area contributed by atoms with Gasteiger partial charge in [0.25, 0.3) is 5.78 Å². The smallest absolute Gasteiger partial charge is 0.198 e. The highest BCUT2D eigenvalue weighted by molar-refractivity contribution is 6.38. The molecule has 0 aliphatic carbocycles. The number of aromatic nitrogens is 4. The van der Waals surface area contributed by atoms with Gasteiger partial charge in [-0.25, -0.2) is 0 Å². The van der Waals surface area contributed by atoms with Gasteiger partial charge in [0, 0.05) is 0 Å². The van der Waals surface area contributed by atoms with E-state index in [-0.39, 0.29) is 0 Å². The van der Waals surface area contributed by atoms with Crippen LogP contribution in [-0.4, -0.2) is 19.6 Å². The van der Waals surface area contributed by atoms with Gasteiger partial charge in [0.15, 0.2) is 0 Å². The van der Waals surface area contributed by atoms with Crippen molar-refractivity contribution >= 4 is 29.0 Å². The third-order valence-electron chi connectivity index (χ3n) is 2.83. The van der Waals surface area contributed by atoms with E-state index in [1.807, 2.05) is 31.2 Å². The third-order valence-corrected chi connectivity index (χ3v) is 3.46. The van der Waals surface area contributed by atoms with Crippen molar-refractivity contribution in [3.05, 3.63) is 46.0 Å². The Kier molecular flexibility index (Phi) is 2.92. The van der Waals surface area contributed by atoms with Gasteiger partial charge in [-0.2, -0.15) is 14.5 Å². The van der Waals surface area contributed by atoms with Crippen molar-refractivity contribution in [1.29, 1.82) is 0 Å². The summed E-state index contributed by atoms with van der Waals surface area (Å²) in [4.78, 5) is 8.38. The molecular weight excluding hydrogens is 283 g/mol. The second kappa shape index (κ2) is 4.47. The molecule has 0 radical (unpaired) electrons. The largest absolute Gasteiger partial charge is 0.255 e. The maximum Gasteiger partial charge on any atom is 0.255 e. The average Bonchev–Trinajstić information content (AvgIpc) is 2.72. The van der Waals surface area contributed by atoms with Gasteiger partial charge in [-0.3, -0.25) is 0 Å². The van der Waals surface area contributed by atoms with Gasteiger partial charge in [-0.05, 0) is 19.4 Å². The molecule has 0 saturated heterocycles. The summed E-state index contributed by atoms with van der Waals surface area (Å²) < 4.78 is 1.50. The van der Waals surface area contributed by atoms with Crippen LogP contribution in [0.5, 0.6) is 0 Å². The monoisotopic (exact) mass is 292 g/mol. The summed E-state index contributed by atoms with van der Waals surface area (Å²) in [6.07, 6.45) is 0. The Labute approximate surface area is 120 Å². The highest BCUT2D eigenvalue weighted by atomic mass is 35.5. The molecule has 0 bridgehead atoms. The number of hydrogen-bond donors (Lipinski definition) is 0. The number of halogens is 2. The molecule has 4 nitrogen and oxygen atoms in total. The van der Waals surface area contributed by atoms with Crippen molar-refractivity contribution in [3.63, 3.8) is 0 Å². The number of benzene rings is 1. The first-order valence-electron chi connectivity index (χ1n) is 5.71. The van der Waals surface area contributed by atoms with Crippen molar-refractivity contribution in [2.45, 2.75) is 13.8 Å². The molecule has 0 fully saturated rings. The van der Waals surface area contributed by atoms with Crippen LogP contribution in [-0.2, 0) is 0 Å². The molecule has 0 aliphatic heterocycles. The molecule has 6 heteroatoms. The zero-order valence-corrected chi connectivity index (χ0v) is 11.9. The Morgan fingerprint density at radius 1 is 1.00 bits per heavy atom. The second-order valence-corrected chi connectivity index (χ2v) is 5.02. The van der Waals surface area contributed by atoms with E-state index >= 15 is 0 Å². The summed E-state index contributed by atoms with van der Waals surface area (Å²) in [6, 6.07) is 7.91. The normalized spacial score (nSPS) is 11.2. The van der Waals surface area contributed by atoms with Crippen molar-refractivity contribution < 1.29 is 0 Å². The molecule has 0 spiro atoms. The first-order chi connectivity index (χ1) is 9.06. The van der Waals surface area contributed by atoms with E-state index < -0.39 is 0 Å². The molecule has 0 unspecified atom stereocenters. The van der Waals surface area contributed by atoms with Gasteiger partial charge >= 0.3 is 0 Å². The van der Waals surface area contributed by atoms with Crippen molar-refractivity contribution in [3.8, 4) is 11.1 Å². The Bertz CT molecular complexity index is 762. The van der Waals surface area contributed by atoms with E-state index in [4.69, 9.17) is 23.2 Å². The first-order valence-corrected chi connectivity index (χ1v) is 6.47. The summed E-state index contributed by atoms with van der Waals surface area (Å²) in [5.41, 5.74) is 2.74. The Balaban J connectivity index is 2.31. The molecule has 0 saturated carbocycles. The van der Waals surface area contributed by atoms with E-state index in [1.165, 1.54) is 10.1 Å². The fourth-order valence-corrected chi connectivity index (χ4v) is 2.54. The first kappa shape index (κ1) is 12.4. The molecule has 96 valence electrons. The molecular formula is C13H10Cl2N4. The quantitative estimate of drug-likeness (QED) is 0.642.